The lowest BCUT2D eigenvalue weighted by atomic mass is 10.1. The summed E-state index contributed by atoms with van der Waals surface area (Å²) < 4.78 is 28.8. The van der Waals surface area contributed by atoms with E-state index in [4.69, 9.17) is 5.11 Å². The predicted octanol–water partition coefficient (Wildman–Crippen LogP) is 4.33. The number of sulfonamides is 1. The third kappa shape index (κ3) is 5.50. The second-order valence-corrected chi connectivity index (χ2v) is 11.0. The van der Waals surface area contributed by atoms with Gasteiger partial charge in [0.25, 0.3) is 10.0 Å². The lowest BCUT2D eigenvalue weighted by molar-refractivity contribution is 0.201. The summed E-state index contributed by atoms with van der Waals surface area (Å²) in [7, 11) is -4.23. The molecule has 0 aliphatic heterocycles. The number of benzene rings is 1. The highest BCUT2D eigenvalue weighted by Gasteiger charge is 2.27. The molecule has 0 spiro atoms. The molecule has 1 aromatic carbocycles. The maximum atomic E-state index is 12.6. The highest BCUT2D eigenvalue weighted by atomic mass is 32.2. The van der Waals surface area contributed by atoms with E-state index < -0.39 is 16.1 Å². The molecular weight excluding hydrogens is 436 g/mol. The molecule has 3 rings (SSSR count). The number of thiazole rings is 1. The number of rotatable bonds is 8. The molecule has 166 valence electrons. The Morgan fingerprint density at radius 1 is 1.19 bits per heavy atom. The van der Waals surface area contributed by atoms with Crippen LogP contribution >= 0.6 is 11.3 Å². The third-order valence-electron chi connectivity index (χ3n) is 4.53. The second-order valence-electron chi connectivity index (χ2n) is 8.02. The van der Waals surface area contributed by atoms with E-state index in [0.29, 0.717) is 29.5 Å². The standard InChI is InChI=1S/C21H26N4O4S2/c1-13(2)11-17-23-18(20(30-17)31(28,29)24-21(26)27)16-7-5-15(6-8-16)12-25-10-9-22-19(25)14(3)4/h5-10,13-14,24H,11-12H2,1-4H3,(H,26,27). The zero-order chi connectivity index (χ0) is 22.8. The minimum atomic E-state index is -4.23. The zero-order valence-corrected chi connectivity index (χ0v) is 19.5. The number of carboxylic acid groups (broad SMARTS) is 1. The first kappa shape index (κ1) is 23.0. The van der Waals surface area contributed by atoms with Gasteiger partial charge in [-0.3, -0.25) is 0 Å². The third-order valence-corrected chi connectivity index (χ3v) is 7.44. The fourth-order valence-electron chi connectivity index (χ4n) is 3.23. The predicted molar refractivity (Wildman–Crippen MR) is 120 cm³/mol. The summed E-state index contributed by atoms with van der Waals surface area (Å²) in [5.41, 5.74) is 1.93. The Morgan fingerprint density at radius 3 is 2.45 bits per heavy atom. The monoisotopic (exact) mass is 462 g/mol. The molecule has 0 atom stereocenters. The molecule has 1 amide bonds. The van der Waals surface area contributed by atoms with Crippen LogP contribution in [0.25, 0.3) is 11.3 Å². The van der Waals surface area contributed by atoms with E-state index in [1.807, 2.05) is 44.3 Å². The normalized spacial score (nSPS) is 11.9. The quantitative estimate of drug-likeness (QED) is 0.515. The van der Waals surface area contributed by atoms with Gasteiger partial charge in [0.05, 0.1) is 5.01 Å². The van der Waals surface area contributed by atoms with E-state index in [1.54, 1.807) is 10.9 Å². The average molecular weight is 463 g/mol. The number of hydrogen-bond donors (Lipinski definition) is 2. The first-order valence-corrected chi connectivity index (χ1v) is 12.2. The van der Waals surface area contributed by atoms with Crippen molar-refractivity contribution in [2.24, 2.45) is 5.92 Å². The summed E-state index contributed by atoms with van der Waals surface area (Å²) in [6.45, 7) is 8.86. The number of nitrogens with zero attached hydrogens (tertiary/aromatic N) is 3. The Labute approximate surface area is 186 Å². The maximum Gasteiger partial charge on any atom is 0.418 e. The minimum Gasteiger partial charge on any atom is -0.464 e. The first-order valence-electron chi connectivity index (χ1n) is 9.92. The van der Waals surface area contributed by atoms with Gasteiger partial charge in [0, 0.05) is 36.8 Å². The highest BCUT2D eigenvalue weighted by molar-refractivity contribution is 7.92. The van der Waals surface area contributed by atoms with Gasteiger partial charge in [0.1, 0.15) is 11.5 Å². The number of imidazole rings is 1. The van der Waals surface area contributed by atoms with Crippen LogP contribution in [0.4, 0.5) is 4.79 Å². The summed E-state index contributed by atoms with van der Waals surface area (Å²) >= 11 is 1.01. The highest BCUT2D eigenvalue weighted by Crippen LogP contribution is 2.33. The van der Waals surface area contributed by atoms with E-state index in [1.165, 1.54) is 0 Å². The van der Waals surface area contributed by atoms with Gasteiger partial charge in [-0.2, -0.15) is 0 Å². The molecule has 0 fully saturated rings. The molecule has 2 N–H and O–H groups in total. The van der Waals surface area contributed by atoms with Gasteiger partial charge in [0.15, 0.2) is 4.21 Å². The van der Waals surface area contributed by atoms with Crippen LogP contribution in [0.3, 0.4) is 0 Å². The topological polar surface area (TPSA) is 114 Å². The number of carbonyl (C=O) groups is 1. The van der Waals surface area contributed by atoms with Crippen LogP contribution in [0, 0.1) is 5.92 Å². The average Bonchev–Trinajstić information content (AvgIpc) is 3.28. The van der Waals surface area contributed by atoms with E-state index in [9.17, 15) is 13.2 Å². The molecule has 10 heteroatoms. The fourth-order valence-corrected chi connectivity index (χ4v) is 5.85. The Morgan fingerprint density at radius 2 is 1.87 bits per heavy atom. The van der Waals surface area contributed by atoms with Crippen molar-refractivity contribution < 1.29 is 18.3 Å². The molecule has 2 aromatic heterocycles. The molecule has 2 heterocycles. The van der Waals surface area contributed by atoms with Crippen LogP contribution in [-0.2, 0) is 23.0 Å². The van der Waals surface area contributed by atoms with Gasteiger partial charge in [-0.25, -0.2) is 27.9 Å². The van der Waals surface area contributed by atoms with Gasteiger partial charge in [0.2, 0.25) is 0 Å². The molecule has 0 aliphatic carbocycles. The van der Waals surface area contributed by atoms with Crippen molar-refractivity contribution in [3.63, 3.8) is 0 Å². The van der Waals surface area contributed by atoms with Crippen LogP contribution < -0.4 is 4.72 Å². The Kier molecular flexibility index (Phi) is 6.80. The number of nitrogens with one attached hydrogen (secondary N) is 1. The van der Waals surface area contributed by atoms with Crippen molar-refractivity contribution >= 4 is 27.5 Å². The first-order chi connectivity index (χ1) is 14.6. The summed E-state index contributed by atoms with van der Waals surface area (Å²) in [4.78, 5) is 19.9. The zero-order valence-electron chi connectivity index (χ0n) is 17.9. The molecule has 31 heavy (non-hydrogen) atoms. The van der Waals surface area contributed by atoms with Crippen molar-refractivity contribution in [3.05, 3.63) is 53.1 Å². The maximum absolute atomic E-state index is 12.6. The molecule has 0 unspecified atom stereocenters. The molecule has 0 radical (unpaired) electrons. The van der Waals surface area contributed by atoms with Crippen molar-refractivity contribution in [2.75, 3.05) is 0 Å². The van der Waals surface area contributed by atoms with Crippen molar-refractivity contribution in [1.29, 1.82) is 0 Å². The lowest BCUT2D eigenvalue weighted by Gasteiger charge is -2.11. The molecule has 0 saturated carbocycles. The van der Waals surface area contributed by atoms with Crippen LogP contribution in [-0.4, -0.2) is 34.2 Å². The SMILES string of the molecule is CC(C)Cc1nc(-c2ccc(Cn3ccnc3C(C)C)cc2)c(S(=O)(=O)NC(=O)O)s1. The van der Waals surface area contributed by atoms with Gasteiger partial charge >= 0.3 is 6.09 Å². The summed E-state index contributed by atoms with van der Waals surface area (Å²) in [5, 5.41) is 9.58. The number of amides is 1. The van der Waals surface area contributed by atoms with E-state index >= 15 is 0 Å². The van der Waals surface area contributed by atoms with E-state index in [-0.39, 0.29) is 15.8 Å². The largest absolute Gasteiger partial charge is 0.464 e. The van der Waals surface area contributed by atoms with Gasteiger partial charge in [-0.15, -0.1) is 11.3 Å². The molecule has 0 saturated heterocycles. The van der Waals surface area contributed by atoms with Gasteiger partial charge < -0.3 is 9.67 Å². The Hall–Kier alpha value is -2.72. The molecule has 0 bridgehead atoms. The van der Waals surface area contributed by atoms with Crippen molar-refractivity contribution in [3.8, 4) is 11.3 Å². The number of hydrogen-bond acceptors (Lipinski definition) is 6. The fraction of sp³-hybridized carbons (Fsp3) is 0.381. The number of aromatic nitrogens is 3. The summed E-state index contributed by atoms with van der Waals surface area (Å²) in [6.07, 6.45) is 2.70. The van der Waals surface area contributed by atoms with Gasteiger partial charge in [-0.05, 0) is 11.5 Å². The molecule has 3 aromatic rings. The van der Waals surface area contributed by atoms with Crippen molar-refractivity contribution in [1.82, 2.24) is 19.3 Å². The van der Waals surface area contributed by atoms with E-state index in [0.717, 1.165) is 22.7 Å². The van der Waals surface area contributed by atoms with Crippen LogP contribution in [0.1, 0.15) is 50.0 Å². The Balaban J connectivity index is 1.95. The van der Waals surface area contributed by atoms with Crippen molar-refractivity contribution in [2.45, 2.75) is 50.8 Å². The summed E-state index contributed by atoms with van der Waals surface area (Å²) in [6, 6.07) is 7.47. The summed E-state index contributed by atoms with van der Waals surface area (Å²) in [5.74, 6) is 1.59. The van der Waals surface area contributed by atoms with Gasteiger partial charge in [-0.1, -0.05) is 52.0 Å². The van der Waals surface area contributed by atoms with Crippen LogP contribution in [0.15, 0.2) is 40.9 Å². The molecular formula is C21H26N4O4S2. The van der Waals surface area contributed by atoms with E-state index in [2.05, 4.69) is 28.4 Å². The second kappa shape index (κ2) is 9.19. The molecule has 0 aliphatic rings. The minimum absolute atomic E-state index is 0.0880. The lowest BCUT2D eigenvalue weighted by Crippen LogP contribution is -2.28. The Bertz CT molecular complexity index is 1160. The van der Waals surface area contributed by atoms with Crippen LogP contribution in [0.5, 0.6) is 0 Å². The smallest absolute Gasteiger partial charge is 0.418 e. The van der Waals surface area contributed by atoms with Crippen LogP contribution in [0.2, 0.25) is 0 Å². The molecule has 8 nitrogen and oxygen atoms in total.